The van der Waals surface area contributed by atoms with Crippen molar-refractivity contribution in [2.24, 2.45) is 0 Å². The third-order valence-corrected chi connectivity index (χ3v) is 5.69. The zero-order valence-electron chi connectivity index (χ0n) is 15.2. The summed E-state index contributed by atoms with van der Waals surface area (Å²) < 4.78 is 116. The van der Waals surface area contributed by atoms with E-state index >= 15 is 0 Å². The molecule has 6 nitrogen and oxygen atoms in total. The molecule has 0 spiro atoms. The number of benzene rings is 2. The van der Waals surface area contributed by atoms with Gasteiger partial charge in [-0.3, -0.25) is 15.0 Å². The molecule has 0 fully saturated rings. The monoisotopic (exact) mass is 472 g/mol. The second-order valence-corrected chi connectivity index (χ2v) is 7.92. The predicted octanol–water partition coefficient (Wildman–Crippen LogP) is 3.72. The molecule has 0 aliphatic carbocycles. The summed E-state index contributed by atoms with van der Waals surface area (Å²) in [6, 6.07) is 2.00. The maximum Gasteiger partial charge on any atom is 0.408 e. The second-order valence-electron chi connectivity index (χ2n) is 5.90. The van der Waals surface area contributed by atoms with Crippen LogP contribution in [0.4, 0.5) is 41.2 Å². The van der Waals surface area contributed by atoms with E-state index in [1.807, 2.05) is 0 Å². The summed E-state index contributed by atoms with van der Waals surface area (Å²) in [5, 5.41) is -3.88. The molecule has 31 heavy (non-hydrogen) atoms. The van der Waals surface area contributed by atoms with Gasteiger partial charge in [0.15, 0.2) is 11.6 Å². The van der Waals surface area contributed by atoms with Crippen molar-refractivity contribution in [2.75, 3.05) is 11.9 Å². The Morgan fingerprint density at radius 2 is 1.65 bits per heavy atom. The maximum absolute atomic E-state index is 14.2. The van der Waals surface area contributed by atoms with Gasteiger partial charge in [0.25, 0.3) is 5.91 Å². The first-order chi connectivity index (χ1) is 14.2. The van der Waals surface area contributed by atoms with Crippen LogP contribution < -0.4 is 10.2 Å². The fourth-order valence-corrected chi connectivity index (χ4v) is 3.29. The number of alkyl halides is 4. The number of halogens is 7. The van der Waals surface area contributed by atoms with Crippen LogP contribution in [-0.4, -0.2) is 39.1 Å². The number of imide groups is 1. The molecule has 0 radical (unpaired) electrons. The SMILES string of the molecule is CN(C(=O)NC(=O)c1cccc(F)c1F)c1ccc(S(=O)(=O)C(F)(F)C(F)F)cc1F. The Kier molecular flexibility index (Phi) is 6.63. The van der Waals surface area contributed by atoms with Crippen LogP contribution >= 0.6 is 0 Å². The lowest BCUT2D eigenvalue weighted by Gasteiger charge is -2.20. The molecule has 2 rings (SSSR count). The van der Waals surface area contributed by atoms with Gasteiger partial charge in [-0.2, -0.15) is 8.78 Å². The third-order valence-electron chi connectivity index (χ3n) is 3.92. The van der Waals surface area contributed by atoms with Crippen molar-refractivity contribution >= 4 is 27.5 Å². The van der Waals surface area contributed by atoms with E-state index in [9.17, 15) is 48.7 Å². The predicted molar refractivity (Wildman–Crippen MR) is 92.2 cm³/mol. The lowest BCUT2D eigenvalue weighted by Crippen LogP contribution is -2.41. The first-order valence-electron chi connectivity index (χ1n) is 7.95. The average molecular weight is 472 g/mol. The number of nitrogens with one attached hydrogen (secondary N) is 1. The third kappa shape index (κ3) is 4.47. The molecule has 0 aliphatic heterocycles. The number of rotatable bonds is 5. The van der Waals surface area contributed by atoms with Crippen LogP contribution in [0.5, 0.6) is 0 Å². The van der Waals surface area contributed by atoms with E-state index in [2.05, 4.69) is 0 Å². The maximum atomic E-state index is 14.2. The van der Waals surface area contributed by atoms with Crippen molar-refractivity contribution < 1.29 is 48.7 Å². The highest BCUT2D eigenvalue weighted by Crippen LogP contribution is 2.35. The van der Waals surface area contributed by atoms with Crippen molar-refractivity contribution in [3.63, 3.8) is 0 Å². The van der Waals surface area contributed by atoms with E-state index in [0.29, 0.717) is 23.1 Å². The van der Waals surface area contributed by atoms with E-state index in [1.165, 1.54) is 0 Å². The minimum atomic E-state index is -5.96. The Bertz CT molecular complexity index is 1140. The average Bonchev–Trinajstić information content (AvgIpc) is 2.68. The summed E-state index contributed by atoms with van der Waals surface area (Å²) in [6.07, 6.45) is -4.58. The van der Waals surface area contributed by atoms with Crippen molar-refractivity contribution in [3.8, 4) is 0 Å². The molecule has 168 valence electrons. The lowest BCUT2D eigenvalue weighted by molar-refractivity contribution is -0.0636. The standard InChI is InChI=1S/C17H11F7N2O4S/c1-26(16(28)25-14(27)9-3-2-4-10(18)13(9)20)12-6-5-8(7-11(12)19)31(29,30)17(23,24)15(21)22/h2-7,15H,1H3,(H,25,27,28). The Labute approximate surface area is 170 Å². The van der Waals surface area contributed by atoms with Crippen molar-refractivity contribution in [1.82, 2.24) is 5.32 Å². The molecule has 2 aromatic rings. The molecule has 0 aromatic heterocycles. The van der Waals surface area contributed by atoms with Crippen LogP contribution in [0.2, 0.25) is 0 Å². The Balaban J connectivity index is 2.28. The highest BCUT2D eigenvalue weighted by molar-refractivity contribution is 7.92. The number of carbonyl (C=O) groups excluding carboxylic acids is 2. The molecular weight excluding hydrogens is 461 g/mol. The number of amides is 3. The molecule has 0 heterocycles. The fourth-order valence-electron chi connectivity index (χ4n) is 2.24. The van der Waals surface area contributed by atoms with Gasteiger partial charge in [0, 0.05) is 7.05 Å². The van der Waals surface area contributed by atoms with E-state index < -0.39 is 67.1 Å². The van der Waals surface area contributed by atoms with Crippen LogP contribution in [0.15, 0.2) is 41.3 Å². The van der Waals surface area contributed by atoms with Gasteiger partial charge in [-0.15, -0.1) is 0 Å². The molecule has 0 saturated carbocycles. The number of urea groups is 1. The summed E-state index contributed by atoms with van der Waals surface area (Å²) in [5.41, 5.74) is -1.60. The van der Waals surface area contributed by atoms with Gasteiger partial charge in [0.05, 0.1) is 16.1 Å². The Morgan fingerprint density at radius 1 is 1.03 bits per heavy atom. The van der Waals surface area contributed by atoms with Crippen molar-refractivity contribution in [1.29, 1.82) is 0 Å². The van der Waals surface area contributed by atoms with Gasteiger partial charge in [0.2, 0.25) is 9.84 Å². The van der Waals surface area contributed by atoms with Gasteiger partial charge in [-0.25, -0.2) is 35.2 Å². The van der Waals surface area contributed by atoms with Crippen LogP contribution in [0.3, 0.4) is 0 Å². The lowest BCUT2D eigenvalue weighted by atomic mass is 10.2. The Hall–Kier alpha value is -3.16. The zero-order chi connectivity index (χ0) is 23.7. The van der Waals surface area contributed by atoms with Gasteiger partial charge in [-0.1, -0.05) is 6.07 Å². The highest BCUT2D eigenvalue weighted by Gasteiger charge is 2.54. The minimum Gasteiger partial charge on any atom is -0.294 e. The number of carbonyl (C=O) groups is 2. The highest BCUT2D eigenvalue weighted by atomic mass is 32.2. The zero-order valence-corrected chi connectivity index (χ0v) is 16.0. The topological polar surface area (TPSA) is 83.6 Å². The van der Waals surface area contributed by atoms with Crippen LogP contribution in [0, 0.1) is 17.5 Å². The number of hydrogen-bond donors (Lipinski definition) is 1. The van der Waals surface area contributed by atoms with Crippen molar-refractivity contribution in [2.45, 2.75) is 16.6 Å². The van der Waals surface area contributed by atoms with Crippen LogP contribution in [-0.2, 0) is 9.84 Å². The number of sulfone groups is 1. The summed E-state index contributed by atoms with van der Waals surface area (Å²) in [6.45, 7) is 0. The summed E-state index contributed by atoms with van der Waals surface area (Å²) in [4.78, 5) is 22.9. The largest absolute Gasteiger partial charge is 0.408 e. The molecule has 0 aliphatic rings. The molecule has 3 amide bonds. The van der Waals surface area contributed by atoms with Gasteiger partial charge in [0.1, 0.15) is 5.82 Å². The number of anilines is 1. The first kappa shape index (κ1) is 24.1. The summed E-state index contributed by atoms with van der Waals surface area (Å²) in [7, 11) is -5.09. The van der Waals surface area contributed by atoms with E-state index in [0.717, 1.165) is 19.2 Å². The molecule has 1 N–H and O–H groups in total. The van der Waals surface area contributed by atoms with E-state index in [4.69, 9.17) is 0 Å². The molecule has 0 bridgehead atoms. The molecule has 0 atom stereocenters. The van der Waals surface area contributed by atoms with Gasteiger partial charge >= 0.3 is 17.7 Å². The van der Waals surface area contributed by atoms with E-state index in [1.54, 1.807) is 5.32 Å². The summed E-state index contributed by atoms with van der Waals surface area (Å²) in [5.74, 6) is -5.92. The molecule has 14 heteroatoms. The normalized spacial score (nSPS) is 12.0. The van der Waals surface area contributed by atoms with Crippen LogP contribution in [0.1, 0.15) is 10.4 Å². The van der Waals surface area contributed by atoms with Crippen molar-refractivity contribution in [3.05, 3.63) is 59.4 Å². The van der Waals surface area contributed by atoms with Gasteiger partial charge < -0.3 is 0 Å². The van der Waals surface area contributed by atoms with Crippen LogP contribution in [0.25, 0.3) is 0 Å². The molecular formula is C17H11F7N2O4S. The smallest absolute Gasteiger partial charge is 0.294 e. The summed E-state index contributed by atoms with van der Waals surface area (Å²) >= 11 is 0. The fraction of sp³-hybridized carbons (Fsp3) is 0.176. The number of hydrogen-bond acceptors (Lipinski definition) is 4. The van der Waals surface area contributed by atoms with E-state index in [-0.39, 0.29) is 6.07 Å². The molecule has 2 aromatic carbocycles. The molecule has 0 saturated heterocycles. The molecule has 0 unspecified atom stereocenters. The quantitative estimate of drug-likeness (QED) is 0.673. The minimum absolute atomic E-state index is 0.0151. The number of nitrogens with zero attached hydrogens (tertiary/aromatic N) is 1. The first-order valence-corrected chi connectivity index (χ1v) is 9.43. The second kappa shape index (κ2) is 8.53. The van der Waals surface area contributed by atoms with Gasteiger partial charge in [-0.05, 0) is 30.3 Å². The Morgan fingerprint density at radius 3 is 2.19 bits per heavy atom.